The molecular weight excluding hydrogens is 929 g/mol. The first-order chi connectivity index (χ1) is 36.6. The number of fused-ring (bicyclic) bond motifs is 2. The summed E-state index contributed by atoms with van der Waals surface area (Å²) in [5, 5.41) is 5.24. The molecule has 0 fully saturated rings. The van der Waals surface area contributed by atoms with Crippen LogP contribution >= 0.6 is 23.5 Å². The highest BCUT2D eigenvalue weighted by Gasteiger charge is 2.47. The Bertz CT molecular complexity index is 2000. The molecule has 0 spiro atoms. The summed E-state index contributed by atoms with van der Waals surface area (Å²) in [6, 6.07) is 20.6. The van der Waals surface area contributed by atoms with Crippen molar-refractivity contribution in [3.05, 3.63) is 82.5 Å². The molecule has 1 atom stereocenters. The molecular formula is C72H116S2. The van der Waals surface area contributed by atoms with E-state index in [-0.39, 0.29) is 10.00 Å². The van der Waals surface area contributed by atoms with Crippen LogP contribution in [0, 0.1) is 17.8 Å². The van der Waals surface area contributed by atoms with Gasteiger partial charge in [0.1, 0.15) is 0 Å². The molecule has 0 bridgehead atoms. The SMILES string of the molecule is CCCCCCCCCCCCC1=C(CCCCCCCCCCCC)C(C#Cc2cccc3cc4ccccc4cc23)C(SC)(SC)C(CCCCCCCCCCCC)=C1CCCCCCCCCCCC. The highest BCUT2D eigenvalue weighted by atomic mass is 32.2. The summed E-state index contributed by atoms with van der Waals surface area (Å²) in [4.78, 5) is 0. The zero-order valence-electron chi connectivity index (χ0n) is 49.7. The molecule has 1 unspecified atom stereocenters. The van der Waals surface area contributed by atoms with Crippen LogP contribution in [0.15, 0.2) is 76.9 Å². The maximum Gasteiger partial charge on any atom is 0.0995 e. The third-order valence-corrected chi connectivity index (χ3v) is 20.3. The van der Waals surface area contributed by atoms with Gasteiger partial charge in [0, 0.05) is 5.56 Å². The molecule has 0 saturated carbocycles. The van der Waals surface area contributed by atoms with E-state index in [9.17, 15) is 0 Å². The van der Waals surface area contributed by atoms with Crippen molar-refractivity contribution in [3.8, 4) is 11.8 Å². The number of thioether (sulfide) groups is 2. The van der Waals surface area contributed by atoms with Crippen molar-refractivity contribution >= 4 is 45.1 Å². The van der Waals surface area contributed by atoms with Crippen LogP contribution in [0.1, 0.15) is 316 Å². The van der Waals surface area contributed by atoms with Gasteiger partial charge in [0.15, 0.2) is 0 Å². The van der Waals surface area contributed by atoms with E-state index < -0.39 is 0 Å². The van der Waals surface area contributed by atoms with E-state index >= 15 is 0 Å². The zero-order valence-corrected chi connectivity index (χ0v) is 51.3. The molecule has 0 radical (unpaired) electrons. The van der Waals surface area contributed by atoms with Crippen molar-refractivity contribution < 1.29 is 0 Å². The van der Waals surface area contributed by atoms with E-state index in [1.165, 1.54) is 310 Å². The fourth-order valence-electron chi connectivity index (χ4n) is 12.5. The van der Waals surface area contributed by atoms with Crippen molar-refractivity contribution in [2.75, 3.05) is 12.5 Å². The van der Waals surface area contributed by atoms with Gasteiger partial charge in [0.25, 0.3) is 0 Å². The molecule has 2 heteroatoms. The van der Waals surface area contributed by atoms with Gasteiger partial charge in [-0.15, -0.1) is 23.5 Å². The molecule has 0 nitrogen and oxygen atoms in total. The van der Waals surface area contributed by atoms with E-state index in [2.05, 4.69) is 130 Å². The molecule has 3 aromatic rings. The highest BCUT2D eigenvalue weighted by Crippen LogP contribution is 2.58. The maximum atomic E-state index is 4.29. The minimum Gasteiger partial charge on any atom is -0.141 e. The monoisotopic (exact) mass is 1040 g/mol. The van der Waals surface area contributed by atoms with Gasteiger partial charge in [0.05, 0.1) is 10.00 Å². The van der Waals surface area contributed by atoms with E-state index in [0.29, 0.717) is 0 Å². The average Bonchev–Trinajstić information content (AvgIpc) is 3.42. The quantitative estimate of drug-likeness (QED) is 0.0239. The molecule has 0 amide bonds. The van der Waals surface area contributed by atoms with Crippen LogP contribution in [0.4, 0.5) is 0 Å². The smallest absolute Gasteiger partial charge is 0.0995 e. The second kappa shape index (κ2) is 41.9. The lowest BCUT2D eigenvalue weighted by Gasteiger charge is -2.46. The van der Waals surface area contributed by atoms with Crippen LogP contribution in [0.25, 0.3) is 21.5 Å². The van der Waals surface area contributed by atoms with Gasteiger partial charge in [-0.3, -0.25) is 0 Å². The van der Waals surface area contributed by atoms with Gasteiger partial charge in [-0.05, 0) is 126 Å². The number of hydrogen-bond donors (Lipinski definition) is 0. The average molecular weight is 1050 g/mol. The Labute approximate surface area is 469 Å². The summed E-state index contributed by atoms with van der Waals surface area (Å²) in [5.74, 6) is 8.55. The van der Waals surface area contributed by atoms with Gasteiger partial charge < -0.3 is 0 Å². The number of allylic oxidation sites excluding steroid dienone is 3. The van der Waals surface area contributed by atoms with Gasteiger partial charge >= 0.3 is 0 Å². The number of hydrogen-bond acceptors (Lipinski definition) is 2. The topological polar surface area (TPSA) is 0 Å². The number of unbranched alkanes of at least 4 members (excludes halogenated alkanes) is 36. The summed E-state index contributed by atoms with van der Waals surface area (Å²) >= 11 is 4.34. The van der Waals surface area contributed by atoms with Crippen molar-refractivity contribution in [1.29, 1.82) is 0 Å². The summed E-state index contributed by atoms with van der Waals surface area (Å²) < 4.78 is -0.0630. The van der Waals surface area contributed by atoms with E-state index in [1.54, 1.807) is 11.1 Å². The fourth-order valence-corrected chi connectivity index (χ4v) is 15.0. The molecule has 3 aromatic carbocycles. The van der Waals surface area contributed by atoms with Crippen LogP contribution < -0.4 is 0 Å². The maximum absolute atomic E-state index is 4.29. The second-order valence-electron chi connectivity index (χ2n) is 23.2. The van der Waals surface area contributed by atoms with E-state index in [4.69, 9.17) is 0 Å². The van der Waals surface area contributed by atoms with Crippen molar-refractivity contribution in [3.63, 3.8) is 0 Å². The largest absolute Gasteiger partial charge is 0.141 e. The Morgan fingerprint density at radius 2 is 0.716 bits per heavy atom. The van der Waals surface area contributed by atoms with Gasteiger partial charge in [-0.1, -0.05) is 307 Å². The van der Waals surface area contributed by atoms with Gasteiger partial charge in [0.2, 0.25) is 0 Å². The second-order valence-corrected chi connectivity index (χ2v) is 25.6. The fraction of sp³-hybridized carbons (Fsp3) is 0.722. The Morgan fingerprint density at radius 3 is 1.14 bits per heavy atom. The molecule has 4 rings (SSSR count). The van der Waals surface area contributed by atoms with E-state index in [1.807, 2.05) is 11.1 Å². The predicted molar refractivity (Wildman–Crippen MR) is 341 cm³/mol. The summed E-state index contributed by atoms with van der Waals surface area (Å²) in [6.07, 6.45) is 65.8. The van der Waals surface area contributed by atoms with Gasteiger partial charge in [-0.2, -0.15) is 0 Å². The van der Waals surface area contributed by atoms with Crippen LogP contribution in [-0.2, 0) is 0 Å². The number of benzene rings is 3. The third kappa shape index (κ3) is 23.9. The lowest BCUT2D eigenvalue weighted by molar-refractivity contribution is 0.530. The Hall–Kier alpha value is -2.08. The zero-order chi connectivity index (χ0) is 52.6. The predicted octanol–water partition coefficient (Wildman–Crippen LogP) is 25.2. The molecule has 0 heterocycles. The normalized spacial score (nSPS) is 14.7. The molecule has 0 saturated heterocycles. The lowest BCUT2D eigenvalue weighted by Crippen LogP contribution is -2.38. The molecule has 1 aliphatic rings. The molecule has 0 aromatic heterocycles. The van der Waals surface area contributed by atoms with Crippen LogP contribution in [0.3, 0.4) is 0 Å². The first-order valence-electron chi connectivity index (χ1n) is 32.6. The Kier molecular flexibility index (Phi) is 36.5. The third-order valence-electron chi connectivity index (χ3n) is 17.1. The molecule has 416 valence electrons. The highest BCUT2D eigenvalue weighted by molar-refractivity contribution is 8.18. The van der Waals surface area contributed by atoms with Crippen molar-refractivity contribution in [1.82, 2.24) is 0 Å². The first-order valence-corrected chi connectivity index (χ1v) is 35.0. The Balaban J connectivity index is 1.74. The standard InChI is InChI=1S/C72H116S2/c1-7-11-15-19-23-27-31-35-39-43-54-66-67(55-44-40-36-32-28-24-20-16-12-8-2)70(57-46-42-38-34-30-26-22-18-14-10-4)72(73-5,74-6)71(68(66)56-45-41-37-33-29-25-21-17-13-9-3)59-58-62-52-49-53-65-60-63-50-47-48-51-64(63)61-69(62)65/h47-53,60-61,71H,7-46,54-57H2,1-6H3. The van der Waals surface area contributed by atoms with Crippen molar-refractivity contribution in [2.45, 2.75) is 314 Å². The Morgan fingerprint density at radius 1 is 0.365 bits per heavy atom. The molecule has 0 aliphatic heterocycles. The summed E-state index contributed by atoms with van der Waals surface area (Å²) in [6.45, 7) is 9.36. The van der Waals surface area contributed by atoms with E-state index in [0.717, 1.165) is 0 Å². The van der Waals surface area contributed by atoms with Crippen LogP contribution in [0.2, 0.25) is 0 Å². The van der Waals surface area contributed by atoms with Crippen LogP contribution in [0.5, 0.6) is 0 Å². The molecule has 0 N–H and O–H groups in total. The molecule has 1 aliphatic carbocycles. The molecule has 74 heavy (non-hydrogen) atoms. The summed E-state index contributed by atoms with van der Waals surface area (Å²) in [5.41, 5.74) is 8.41. The van der Waals surface area contributed by atoms with Gasteiger partial charge in [-0.25, -0.2) is 0 Å². The minimum atomic E-state index is -0.0630. The number of rotatable bonds is 46. The lowest BCUT2D eigenvalue weighted by atomic mass is 9.72. The summed E-state index contributed by atoms with van der Waals surface area (Å²) in [7, 11) is 0. The first kappa shape index (κ1) is 64.4. The van der Waals surface area contributed by atoms with Crippen molar-refractivity contribution in [2.24, 2.45) is 5.92 Å². The van der Waals surface area contributed by atoms with Crippen LogP contribution in [-0.4, -0.2) is 16.6 Å². The minimum absolute atomic E-state index is 0.0630.